The normalized spacial score (nSPS) is 16.5. The molecule has 1 aromatic carbocycles. The van der Waals surface area contributed by atoms with Crippen LogP contribution >= 0.6 is 0 Å². The number of amides is 1. The summed E-state index contributed by atoms with van der Waals surface area (Å²) in [5, 5.41) is 5.14. The molecule has 2 rings (SSSR count). The number of nitrogens with one attached hydrogen (secondary N) is 1. The summed E-state index contributed by atoms with van der Waals surface area (Å²) in [5.41, 5.74) is 1.13. The van der Waals surface area contributed by atoms with Crippen LogP contribution in [-0.4, -0.2) is 31.2 Å². The fourth-order valence-electron chi connectivity index (χ4n) is 2.54. The first-order valence-corrected chi connectivity index (χ1v) is 8.60. The molecule has 0 unspecified atom stereocenters. The average Bonchev–Trinajstić information content (AvgIpc) is 3.33. The first-order chi connectivity index (χ1) is 11.0. The lowest BCUT2D eigenvalue weighted by Crippen LogP contribution is -2.92. The van der Waals surface area contributed by atoms with Gasteiger partial charge in [0.25, 0.3) is 5.91 Å². The Morgan fingerprint density at radius 1 is 1.22 bits per heavy atom. The molecule has 0 saturated heterocycles. The van der Waals surface area contributed by atoms with E-state index in [0.29, 0.717) is 19.3 Å². The number of carbonyl (C=O) groups is 1. The van der Waals surface area contributed by atoms with Crippen LogP contribution in [0, 0.1) is 0 Å². The molecule has 1 saturated carbocycles. The van der Waals surface area contributed by atoms with E-state index < -0.39 is 0 Å². The smallest absolute Gasteiger partial charge is 0.278 e. The third-order valence-electron chi connectivity index (χ3n) is 4.01. The number of ether oxygens (including phenoxy) is 2. The van der Waals surface area contributed by atoms with Crippen LogP contribution in [0.15, 0.2) is 18.2 Å². The predicted molar refractivity (Wildman–Crippen MR) is 89.7 cm³/mol. The highest BCUT2D eigenvalue weighted by molar-refractivity contribution is 5.80. The van der Waals surface area contributed by atoms with Crippen LogP contribution in [0.2, 0.25) is 0 Å². The average molecular weight is 321 g/mol. The standard InChI is InChI=1S/C18H28N2O3/c1-5-22-16-10-7-14(11-17(16)23-6-2)12(3)19-13(4)18(21)20-15-8-9-15/h7,10-13,15,19H,5-6,8-9H2,1-4H3,(H,20,21)/p+1/t12-,13-/m0/s1. The van der Waals surface area contributed by atoms with E-state index in [9.17, 15) is 4.79 Å². The Bertz CT molecular complexity index is 529. The highest BCUT2D eigenvalue weighted by atomic mass is 16.5. The van der Waals surface area contributed by atoms with Gasteiger partial charge in [0.05, 0.1) is 13.2 Å². The molecule has 0 aromatic heterocycles. The number of nitrogens with two attached hydrogens (primary N) is 1. The molecule has 0 radical (unpaired) electrons. The molecule has 0 heterocycles. The van der Waals surface area contributed by atoms with Gasteiger partial charge in [-0.3, -0.25) is 4.79 Å². The summed E-state index contributed by atoms with van der Waals surface area (Å²) in [5.74, 6) is 1.65. The van der Waals surface area contributed by atoms with E-state index in [1.807, 2.05) is 39.0 Å². The van der Waals surface area contributed by atoms with Crippen LogP contribution < -0.4 is 20.1 Å². The molecule has 1 amide bonds. The summed E-state index contributed by atoms with van der Waals surface area (Å²) in [4.78, 5) is 12.1. The number of benzene rings is 1. The van der Waals surface area contributed by atoms with Crippen molar-refractivity contribution in [2.45, 2.75) is 58.7 Å². The summed E-state index contributed by atoms with van der Waals surface area (Å²) >= 11 is 0. The fourth-order valence-corrected chi connectivity index (χ4v) is 2.54. The van der Waals surface area contributed by atoms with E-state index in [1.165, 1.54) is 0 Å². The molecule has 0 bridgehead atoms. The van der Waals surface area contributed by atoms with Crippen molar-refractivity contribution in [1.82, 2.24) is 5.32 Å². The highest BCUT2D eigenvalue weighted by Crippen LogP contribution is 2.30. The molecule has 0 spiro atoms. The van der Waals surface area contributed by atoms with Gasteiger partial charge in [-0.1, -0.05) is 0 Å². The Labute approximate surface area is 138 Å². The maximum absolute atomic E-state index is 12.1. The molecule has 0 aliphatic heterocycles. The number of carbonyl (C=O) groups excluding carboxylic acids is 1. The van der Waals surface area contributed by atoms with Gasteiger partial charge in [0, 0.05) is 11.6 Å². The Hall–Kier alpha value is -1.75. The van der Waals surface area contributed by atoms with Gasteiger partial charge in [-0.05, 0) is 58.7 Å². The third kappa shape index (κ3) is 5.13. The van der Waals surface area contributed by atoms with Gasteiger partial charge in [0.15, 0.2) is 17.5 Å². The number of hydrogen-bond donors (Lipinski definition) is 2. The minimum atomic E-state index is -0.104. The lowest BCUT2D eigenvalue weighted by atomic mass is 10.1. The van der Waals surface area contributed by atoms with Crippen molar-refractivity contribution in [2.75, 3.05) is 13.2 Å². The summed E-state index contributed by atoms with van der Waals surface area (Å²) < 4.78 is 11.3. The van der Waals surface area contributed by atoms with E-state index in [1.54, 1.807) is 0 Å². The number of rotatable bonds is 9. The van der Waals surface area contributed by atoms with Crippen molar-refractivity contribution >= 4 is 5.91 Å². The van der Waals surface area contributed by atoms with Crippen molar-refractivity contribution < 1.29 is 19.6 Å². The van der Waals surface area contributed by atoms with Gasteiger partial charge >= 0.3 is 0 Å². The molecule has 5 heteroatoms. The number of hydrogen-bond acceptors (Lipinski definition) is 3. The van der Waals surface area contributed by atoms with Gasteiger partial charge in [-0.25, -0.2) is 0 Å². The Balaban J connectivity index is 2.00. The molecular weight excluding hydrogens is 292 g/mol. The van der Waals surface area contributed by atoms with Gasteiger partial charge in [-0.15, -0.1) is 0 Å². The molecule has 1 aliphatic carbocycles. The van der Waals surface area contributed by atoms with Gasteiger partial charge in [-0.2, -0.15) is 0 Å². The summed E-state index contributed by atoms with van der Waals surface area (Å²) in [6, 6.07) is 6.48. The van der Waals surface area contributed by atoms with E-state index >= 15 is 0 Å². The molecule has 1 fully saturated rings. The first-order valence-electron chi connectivity index (χ1n) is 8.60. The zero-order valence-corrected chi connectivity index (χ0v) is 14.6. The van der Waals surface area contributed by atoms with Crippen LogP contribution in [0.4, 0.5) is 0 Å². The van der Waals surface area contributed by atoms with E-state index in [0.717, 1.165) is 29.9 Å². The van der Waals surface area contributed by atoms with Gasteiger partial charge in [0.1, 0.15) is 6.04 Å². The van der Waals surface area contributed by atoms with Crippen LogP contribution in [0.3, 0.4) is 0 Å². The molecular formula is C18H29N2O3+. The molecule has 5 nitrogen and oxygen atoms in total. The van der Waals surface area contributed by atoms with Crippen molar-refractivity contribution in [1.29, 1.82) is 0 Å². The zero-order valence-electron chi connectivity index (χ0n) is 14.6. The Morgan fingerprint density at radius 2 is 1.87 bits per heavy atom. The lowest BCUT2D eigenvalue weighted by molar-refractivity contribution is -0.710. The third-order valence-corrected chi connectivity index (χ3v) is 4.01. The quantitative estimate of drug-likeness (QED) is 0.729. The SMILES string of the molecule is CCOc1ccc([C@H](C)[NH2+][C@@H](C)C(=O)NC2CC2)cc1OCC. The lowest BCUT2D eigenvalue weighted by Gasteiger charge is -2.18. The predicted octanol–water partition coefficient (Wildman–Crippen LogP) is 1.78. The van der Waals surface area contributed by atoms with Gasteiger partial charge in [0.2, 0.25) is 0 Å². The zero-order chi connectivity index (χ0) is 16.8. The second-order valence-electron chi connectivity index (χ2n) is 6.12. The summed E-state index contributed by atoms with van der Waals surface area (Å²) in [7, 11) is 0. The maximum Gasteiger partial charge on any atom is 0.278 e. The number of quaternary nitrogens is 1. The summed E-state index contributed by atoms with van der Waals surface area (Å²) in [6.07, 6.45) is 2.23. The van der Waals surface area contributed by atoms with Crippen molar-refractivity contribution in [3.63, 3.8) is 0 Å². The first kappa shape index (κ1) is 17.6. The van der Waals surface area contributed by atoms with E-state index in [-0.39, 0.29) is 18.0 Å². The van der Waals surface area contributed by atoms with E-state index in [2.05, 4.69) is 17.6 Å². The van der Waals surface area contributed by atoms with E-state index in [4.69, 9.17) is 9.47 Å². The second kappa shape index (κ2) is 8.20. The van der Waals surface area contributed by atoms with Crippen LogP contribution in [0.1, 0.15) is 52.1 Å². The van der Waals surface area contributed by atoms with Crippen molar-refractivity contribution in [2.24, 2.45) is 0 Å². The molecule has 1 aromatic rings. The van der Waals surface area contributed by atoms with Crippen LogP contribution in [-0.2, 0) is 4.79 Å². The van der Waals surface area contributed by atoms with Crippen LogP contribution in [0.25, 0.3) is 0 Å². The Morgan fingerprint density at radius 3 is 2.48 bits per heavy atom. The molecule has 3 N–H and O–H groups in total. The van der Waals surface area contributed by atoms with Crippen LogP contribution in [0.5, 0.6) is 11.5 Å². The molecule has 1 aliphatic rings. The van der Waals surface area contributed by atoms with Crippen molar-refractivity contribution in [3.05, 3.63) is 23.8 Å². The fraction of sp³-hybridized carbons (Fsp3) is 0.611. The second-order valence-corrected chi connectivity index (χ2v) is 6.12. The molecule has 128 valence electrons. The Kier molecular flexibility index (Phi) is 6.28. The topological polar surface area (TPSA) is 64.2 Å². The van der Waals surface area contributed by atoms with Gasteiger partial charge < -0.3 is 20.1 Å². The largest absolute Gasteiger partial charge is 0.490 e. The van der Waals surface area contributed by atoms with Crippen molar-refractivity contribution in [3.8, 4) is 11.5 Å². The minimum Gasteiger partial charge on any atom is -0.490 e. The molecule has 23 heavy (non-hydrogen) atoms. The molecule has 2 atom stereocenters. The highest BCUT2D eigenvalue weighted by Gasteiger charge is 2.28. The maximum atomic E-state index is 12.1. The monoisotopic (exact) mass is 321 g/mol. The minimum absolute atomic E-state index is 0.104. The summed E-state index contributed by atoms with van der Waals surface area (Å²) in [6.45, 7) is 9.18.